The summed E-state index contributed by atoms with van der Waals surface area (Å²) in [5, 5.41) is -0.197. The second-order valence-corrected chi connectivity index (χ2v) is 6.41. The van der Waals surface area contributed by atoms with Gasteiger partial charge in [0.05, 0.1) is 11.5 Å². The first-order valence-electron chi connectivity index (χ1n) is 7.99. The molecule has 2 aromatic heterocycles. The monoisotopic (exact) mass is 345 g/mol. The molecule has 126 valence electrons. The molecular formula is C17H19N3O3S. The van der Waals surface area contributed by atoms with Gasteiger partial charge in [-0.15, -0.1) is 0 Å². The quantitative estimate of drug-likeness (QED) is 0.568. The Hall–Kier alpha value is -2.28. The summed E-state index contributed by atoms with van der Waals surface area (Å²) >= 11 is 1.02. The number of amides is 2. The molecule has 0 bridgehead atoms. The van der Waals surface area contributed by atoms with E-state index in [-0.39, 0.29) is 11.1 Å². The normalized spacial score (nSPS) is 16.5. The zero-order valence-corrected chi connectivity index (χ0v) is 14.3. The molecule has 1 aliphatic rings. The lowest BCUT2D eigenvalue weighted by Gasteiger charge is -2.13. The first-order chi connectivity index (χ1) is 11.7. The Kier molecular flexibility index (Phi) is 5.20. The predicted molar refractivity (Wildman–Crippen MR) is 93.0 cm³/mol. The molecule has 24 heavy (non-hydrogen) atoms. The second kappa shape index (κ2) is 7.53. The number of nitrogens with zero attached hydrogens (tertiary/aromatic N) is 3. The van der Waals surface area contributed by atoms with Crippen LogP contribution in [-0.4, -0.2) is 38.6 Å². The summed E-state index contributed by atoms with van der Waals surface area (Å²) in [6.45, 7) is 2.83. The Balaban J connectivity index is 1.52. The molecule has 7 heteroatoms. The van der Waals surface area contributed by atoms with Crippen molar-refractivity contribution in [3.8, 4) is 5.75 Å². The van der Waals surface area contributed by atoms with E-state index in [0.29, 0.717) is 30.2 Å². The van der Waals surface area contributed by atoms with Gasteiger partial charge < -0.3 is 9.14 Å². The summed E-state index contributed by atoms with van der Waals surface area (Å²) < 4.78 is 7.62. The number of thioether (sulfide) groups is 1. The van der Waals surface area contributed by atoms with Crippen LogP contribution in [0.4, 0.5) is 4.79 Å². The number of rotatable bonds is 7. The Morgan fingerprint density at radius 1 is 1.33 bits per heavy atom. The van der Waals surface area contributed by atoms with Gasteiger partial charge in [0, 0.05) is 25.1 Å². The fourth-order valence-electron chi connectivity index (χ4n) is 2.45. The highest BCUT2D eigenvalue weighted by Crippen LogP contribution is 2.31. The number of unbranched alkanes of at least 4 members (excludes halogenated alkanes) is 1. The van der Waals surface area contributed by atoms with Crippen LogP contribution in [0, 0.1) is 0 Å². The minimum Gasteiger partial charge on any atom is -0.490 e. The number of pyridine rings is 1. The first kappa shape index (κ1) is 16.6. The predicted octanol–water partition coefficient (Wildman–Crippen LogP) is 3.48. The maximum Gasteiger partial charge on any atom is 0.293 e. The molecule has 0 spiro atoms. The maximum absolute atomic E-state index is 12.2. The summed E-state index contributed by atoms with van der Waals surface area (Å²) in [6, 6.07) is 3.74. The molecule has 6 nitrogen and oxygen atoms in total. The Labute approximate surface area is 144 Å². The van der Waals surface area contributed by atoms with E-state index in [4.69, 9.17) is 4.74 Å². The molecule has 0 aliphatic carbocycles. The highest BCUT2D eigenvalue weighted by atomic mass is 32.2. The van der Waals surface area contributed by atoms with Gasteiger partial charge in [-0.3, -0.25) is 14.5 Å². The first-order valence-corrected chi connectivity index (χ1v) is 8.80. The number of imidazole rings is 1. The van der Waals surface area contributed by atoms with Crippen LogP contribution in [0.5, 0.6) is 5.75 Å². The molecule has 3 heterocycles. The van der Waals surface area contributed by atoms with Crippen molar-refractivity contribution in [1.82, 2.24) is 14.3 Å². The van der Waals surface area contributed by atoms with Crippen LogP contribution in [0.3, 0.4) is 0 Å². The molecule has 0 saturated carbocycles. The topological polar surface area (TPSA) is 63.9 Å². The third kappa shape index (κ3) is 3.46. The third-order valence-corrected chi connectivity index (χ3v) is 4.62. The van der Waals surface area contributed by atoms with Crippen LogP contribution in [0.15, 0.2) is 41.7 Å². The zero-order chi connectivity index (χ0) is 16.9. The number of fused-ring (bicyclic) bond motifs is 1. The van der Waals surface area contributed by atoms with Gasteiger partial charge in [-0.25, -0.2) is 4.98 Å². The lowest BCUT2D eigenvalue weighted by atomic mass is 10.3. The number of carbonyl (C=O) groups is 2. The van der Waals surface area contributed by atoms with Crippen LogP contribution in [0.25, 0.3) is 5.65 Å². The van der Waals surface area contributed by atoms with E-state index >= 15 is 0 Å². The van der Waals surface area contributed by atoms with Gasteiger partial charge in [-0.1, -0.05) is 19.4 Å². The van der Waals surface area contributed by atoms with Gasteiger partial charge in [0.15, 0.2) is 11.4 Å². The number of ether oxygens (including phenoxy) is 1. The molecule has 3 rings (SSSR count). The third-order valence-electron chi connectivity index (χ3n) is 3.66. The van der Waals surface area contributed by atoms with Crippen molar-refractivity contribution < 1.29 is 14.3 Å². The SMILES string of the molecule is CCC/C=C1/SC(=O)N(CCCOc2cccn3ccnc23)C1=O. The van der Waals surface area contributed by atoms with E-state index < -0.39 is 0 Å². The molecule has 0 N–H and O–H groups in total. The summed E-state index contributed by atoms with van der Waals surface area (Å²) in [5.41, 5.74) is 0.756. The van der Waals surface area contributed by atoms with Crippen molar-refractivity contribution in [2.24, 2.45) is 0 Å². The van der Waals surface area contributed by atoms with Crippen molar-refractivity contribution in [3.05, 3.63) is 41.7 Å². The van der Waals surface area contributed by atoms with Gasteiger partial charge in [0.1, 0.15) is 0 Å². The van der Waals surface area contributed by atoms with Crippen molar-refractivity contribution in [1.29, 1.82) is 0 Å². The van der Waals surface area contributed by atoms with Gasteiger partial charge in [-0.05, 0) is 36.7 Å². The molecule has 1 saturated heterocycles. The molecule has 1 fully saturated rings. The van der Waals surface area contributed by atoms with Crippen LogP contribution in [0.2, 0.25) is 0 Å². The average Bonchev–Trinajstić information content (AvgIpc) is 3.16. The summed E-state index contributed by atoms with van der Waals surface area (Å²) in [4.78, 5) is 30.2. The molecule has 1 aliphatic heterocycles. The number of aromatic nitrogens is 2. The van der Waals surface area contributed by atoms with Crippen LogP contribution in [0.1, 0.15) is 26.2 Å². The zero-order valence-electron chi connectivity index (χ0n) is 13.5. The van der Waals surface area contributed by atoms with Crippen LogP contribution >= 0.6 is 11.8 Å². The van der Waals surface area contributed by atoms with Gasteiger partial charge >= 0.3 is 0 Å². The minimum absolute atomic E-state index is 0.186. The Morgan fingerprint density at radius 3 is 3.04 bits per heavy atom. The molecule has 2 aromatic rings. The summed E-state index contributed by atoms with van der Waals surface area (Å²) in [6.07, 6.45) is 9.67. The maximum atomic E-state index is 12.2. The van der Waals surface area contributed by atoms with Gasteiger partial charge in [0.25, 0.3) is 11.1 Å². The largest absolute Gasteiger partial charge is 0.490 e. The van der Waals surface area contributed by atoms with Crippen LogP contribution in [-0.2, 0) is 4.79 Å². The van der Waals surface area contributed by atoms with E-state index in [0.717, 1.165) is 30.3 Å². The van der Waals surface area contributed by atoms with E-state index in [1.807, 2.05) is 41.9 Å². The highest BCUT2D eigenvalue weighted by molar-refractivity contribution is 8.18. The standard InChI is InChI=1S/C17H19N3O3S/c1-2-3-7-14-16(21)20(17(22)24-14)10-5-12-23-13-6-4-9-19-11-8-18-15(13)19/h4,6-9,11H,2-3,5,10,12H2,1H3/b14-7+. The summed E-state index contributed by atoms with van der Waals surface area (Å²) in [5.74, 6) is 0.508. The smallest absolute Gasteiger partial charge is 0.293 e. The van der Waals surface area contributed by atoms with E-state index in [1.54, 1.807) is 6.20 Å². The number of hydrogen-bond acceptors (Lipinski definition) is 5. The summed E-state index contributed by atoms with van der Waals surface area (Å²) in [7, 11) is 0. The Bertz CT molecular complexity index is 784. The van der Waals surface area contributed by atoms with E-state index in [9.17, 15) is 9.59 Å². The van der Waals surface area contributed by atoms with Gasteiger partial charge in [0.2, 0.25) is 0 Å². The van der Waals surface area contributed by atoms with Crippen molar-refractivity contribution in [2.75, 3.05) is 13.2 Å². The molecule has 0 aromatic carbocycles. The van der Waals surface area contributed by atoms with E-state index in [1.165, 1.54) is 4.90 Å². The Morgan fingerprint density at radius 2 is 2.21 bits per heavy atom. The number of imide groups is 1. The molecule has 0 atom stereocenters. The van der Waals surface area contributed by atoms with Gasteiger partial charge in [-0.2, -0.15) is 0 Å². The lowest BCUT2D eigenvalue weighted by molar-refractivity contribution is -0.122. The minimum atomic E-state index is -0.197. The highest BCUT2D eigenvalue weighted by Gasteiger charge is 2.34. The number of carbonyl (C=O) groups excluding carboxylic acids is 2. The average molecular weight is 345 g/mol. The van der Waals surface area contributed by atoms with Crippen molar-refractivity contribution in [2.45, 2.75) is 26.2 Å². The molecular weight excluding hydrogens is 326 g/mol. The number of allylic oxidation sites excluding steroid dienone is 1. The van der Waals surface area contributed by atoms with E-state index in [2.05, 4.69) is 4.98 Å². The fraction of sp³-hybridized carbons (Fsp3) is 0.353. The van der Waals surface area contributed by atoms with Crippen molar-refractivity contribution >= 4 is 28.6 Å². The molecule has 2 amide bonds. The molecule has 0 radical (unpaired) electrons. The fourth-order valence-corrected chi connectivity index (χ4v) is 3.32. The van der Waals surface area contributed by atoms with Crippen LogP contribution < -0.4 is 4.74 Å². The molecule has 0 unspecified atom stereocenters. The lowest BCUT2D eigenvalue weighted by Crippen LogP contribution is -2.30. The van der Waals surface area contributed by atoms with Crippen molar-refractivity contribution in [3.63, 3.8) is 0 Å². The number of hydrogen-bond donors (Lipinski definition) is 0. The second-order valence-electron chi connectivity index (χ2n) is 5.41.